The fourth-order valence-electron chi connectivity index (χ4n) is 7.13. The quantitative estimate of drug-likeness (QED) is 0.192. The number of methoxy groups -OCH3 is 2. The standard InChI is InChI=1S/C39H62N6O6S/c1-11-25(4)33(44(8)37(48)32(24(2)3)43-38(49)39(6,7)40)30(50-9)23-31(46)45-20-15-18-29(45)34(51-10)26(5)35(47)42-28(36-41-19-21-52-36)22-27-16-13-12-14-17-27/h12-14,16-17,19,21,24-26,28-30,32-34H,11,15,18,20,22-23,40H2,1-10H3,(H,42,47)(H,43,49)/t25-,26?,28-,29-,30+,32-,33-,34+/m0/s1. The summed E-state index contributed by atoms with van der Waals surface area (Å²) in [6, 6.07) is 8.11. The minimum absolute atomic E-state index is 0.0207. The Morgan fingerprint density at radius 2 is 1.75 bits per heavy atom. The van der Waals surface area contributed by atoms with Gasteiger partial charge >= 0.3 is 0 Å². The lowest BCUT2D eigenvalue weighted by atomic mass is 9.89. The molecule has 0 saturated carbocycles. The Balaban J connectivity index is 1.78. The maximum atomic E-state index is 14.2. The minimum Gasteiger partial charge on any atom is -0.379 e. The number of likely N-dealkylation sites (tertiary alicyclic amines) is 1. The third kappa shape index (κ3) is 11.1. The molecule has 0 spiro atoms. The van der Waals surface area contributed by atoms with Crippen molar-refractivity contribution in [2.45, 2.75) is 122 Å². The number of nitrogens with one attached hydrogen (secondary N) is 2. The number of thiazole rings is 1. The Bertz CT molecular complexity index is 1430. The number of amides is 4. The molecule has 4 N–H and O–H groups in total. The molecule has 2 heterocycles. The van der Waals surface area contributed by atoms with Crippen molar-refractivity contribution in [3.8, 4) is 0 Å². The predicted molar refractivity (Wildman–Crippen MR) is 204 cm³/mol. The van der Waals surface area contributed by atoms with Gasteiger partial charge in [-0.3, -0.25) is 19.2 Å². The first-order chi connectivity index (χ1) is 24.5. The van der Waals surface area contributed by atoms with E-state index in [-0.39, 0.29) is 48.1 Å². The van der Waals surface area contributed by atoms with Crippen molar-refractivity contribution < 1.29 is 28.7 Å². The third-order valence-electron chi connectivity index (χ3n) is 10.4. The fourth-order valence-corrected chi connectivity index (χ4v) is 7.82. The van der Waals surface area contributed by atoms with E-state index in [1.165, 1.54) is 11.3 Å². The van der Waals surface area contributed by atoms with Gasteiger partial charge in [0.1, 0.15) is 11.0 Å². The molecule has 1 aliphatic rings. The predicted octanol–water partition coefficient (Wildman–Crippen LogP) is 4.34. The van der Waals surface area contributed by atoms with Crippen LogP contribution < -0.4 is 16.4 Å². The molecule has 0 bridgehead atoms. The number of hydrogen-bond donors (Lipinski definition) is 3. The van der Waals surface area contributed by atoms with Crippen LogP contribution in [-0.4, -0.2) is 102 Å². The SMILES string of the molecule is CC[C@H](C)[C@@H]([C@@H](CC(=O)N1CCC[C@H]1[C@H](OC)C(C)C(=O)N[C@@H](Cc1ccccc1)c1nccs1)OC)N(C)C(=O)[C@@H](NC(=O)C(C)(C)N)C(C)C. The Labute approximate surface area is 314 Å². The van der Waals surface area contributed by atoms with Gasteiger partial charge in [0.05, 0.1) is 48.2 Å². The zero-order valence-electron chi connectivity index (χ0n) is 32.8. The van der Waals surface area contributed by atoms with Gasteiger partial charge < -0.3 is 35.6 Å². The number of likely N-dealkylation sites (N-methyl/N-ethyl adjacent to an activating group) is 1. The van der Waals surface area contributed by atoms with E-state index < -0.39 is 41.7 Å². The van der Waals surface area contributed by atoms with Gasteiger partial charge in [0.2, 0.25) is 23.6 Å². The first-order valence-corrected chi connectivity index (χ1v) is 19.4. The summed E-state index contributed by atoms with van der Waals surface area (Å²) in [5, 5.41) is 8.79. The second kappa shape index (κ2) is 19.6. The molecule has 13 heteroatoms. The zero-order valence-corrected chi connectivity index (χ0v) is 33.6. The summed E-state index contributed by atoms with van der Waals surface area (Å²) in [4.78, 5) is 62.8. The lowest BCUT2D eigenvalue weighted by Crippen LogP contribution is -2.60. The van der Waals surface area contributed by atoms with Crippen molar-refractivity contribution in [2.24, 2.45) is 23.5 Å². The normalized spacial score (nSPS) is 18.9. The Kier molecular flexibility index (Phi) is 16.2. The molecular weight excluding hydrogens is 681 g/mol. The van der Waals surface area contributed by atoms with Crippen molar-refractivity contribution in [1.82, 2.24) is 25.4 Å². The lowest BCUT2D eigenvalue weighted by Gasteiger charge is -2.41. The number of aromatic nitrogens is 1. The lowest BCUT2D eigenvalue weighted by molar-refractivity contribution is -0.148. The van der Waals surface area contributed by atoms with Crippen molar-refractivity contribution in [3.05, 3.63) is 52.5 Å². The van der Waals surface area contributed by atoms with Crippen LogP contribution in [0.15, 0.2) is 41.9 Å². The maximum absolute atomic E-state index is 14.2. The van der Waals surface area contributed by atoms with Crippen LogP contribution in [-0.2, 0) is 35.1 Å². The maximum Gasteiger partial charge on any atom is 0.245 e. The Hall–Kier alpha value is -3.39. The van der Waals surface area contributed by atoms with Gasteiger partial charge in [-0.25, -0.2) is 4.98 Å². The van der Waals surface area contributed by atoms with E-state index in [4.69, 9.17) is 15.2 Å². The van der Waals surface area contributed by atoms with Gasteiger partial charge in [-0.1, -0.05) is 71.4 Å². The first-order valence-electron chi connectivity index (χ1n) is 18.5. The fraction of sp³-hybridized carbons (Fsp3) is 0.667. The number of benzene rings is 1. The van der Waals surface area contributed by atoms with Crippen molar-refractivity contribution in [3.63, 3.8) is 0 Å². The van der Waals surface area contributed by atoms with Crippen LogP contribution in [0.3, 0.4) is 0 Å². The number of carbonyl (C=O) groups is 4. The molecule has 4 amide bonds. The molecule has 1 aromatic carbocycles. The summed E-state index contributed by atoms with van der Waals surface area (Å²) >= 11 is 1.50. The molecular formula is C39H62N6O6S. The number of hydrogen-bond acceptors (Lipinski definition) is 9. The largest absolute Gasteiger partial charge is 0.379 e. The number of nitrogens with zero attached hydrogens (tertiary/aromatic N) is 3. The Morgan fingerprint density at radius 1 is 1.08 bits per heavy atom. The van der Waals surface area contributed by atoms with Crippen LogP contribution in [0.4, 0.5) is 0 Å². The molecule has 1 unspecified atom stereocenters. The van der Waals surface area contributed by atoms with Crippen LogP contribution >= 0.6 is 11.3 Å². The number of nitrogens with two attached hydrogens (primary N) is 1. The molecule has 290 valence electrons. The van der Waals surface area contributed by atoms with Crippen LogP contribution in [0.1, 0.15) is 90.8 Å². The van der Waals surface area contributed by atoms with Crippen molar-refractivity contribution in [1.29, 1.82) is 0 Å². The summed E-state index contributed by atoms with van der Waals surface area (Å²) in [6.07, 6.45) is 3.42. The molecule has 2 aromatic rings. The third-order valence-corrected chi connectivity index (χ3v) is 11.3. The topological polar surface area (TPSA) is 156 Å². The molecule has 3 rings (SSSR count). The van der Waals surface area contributed by atoms with Gasteiger partial charge in [0, 0.05) is 39.4 Å². The van der Waals surface area contributed by atoms with Gasteiger partial charge in [-0.15, -0.1) is 11.3 Å². The minimum atomic E-state index is -1.15. The molecule has 52 heavy (non-hydrogen) atoms. The monoisotopic (exact) mass is 742 g/mol. The van der Waals surface area contributed by atoms with Crippen molar-refractivity contribution >= 4 is 35.0 Å². The Morgan fingerprint density at radius 3 is 2.29 bits per heavy atom. The smallest absolute Gasteiger partial charge is 0.245 e. The summed E-state index contributed by atoms with van der Waals surface area (Å²) in [6.45, 7) is 13.4. The highest BCUT2D eigenvalue weighted by molar-refractivity contribution is 7.09. The van der Waals surface area contributed by atoms with Crippen LogP contribution in [0.25, 0.3) is 0 Å². The molecule has 1 aliphatic heterocycles. The van der Waals surface area contributed by atoms with E-state index in [1.54, 1.807) is 46.2 Å². The number of carbonyl (C=O) groups excluding carboxylic acids is 4. The zero-order chi connectivity index (χ0) is 38.7. The number of rotatable bonds is 19. The van der Waals surface area contributed by atoms with E-state index in [0.29, 0.717) is 19.4 Å². The van der Waals surface area contributed by atoms with Gasteiger partial charge in [0.15, 0.2) is 0 Å². The van der Waals surface area contributed by atoms with E-state index in [2.05, 4.69) is 15.6 Å². The molecule has 12 nitrogen and oxygen atoms in total. The van der Waals surface area contributed by atoms with Crippen LogP contribution in [0.5, 0.6) is 0 Å². The van der Waals surface area contributed by atoms with Gasteiger partial charge in [0.25, 0.3) is 0 Å². The van der Waals surface area contributed by atoms with E-state index in [0.717, 1.165) is 23.4 Å². The van der Waals surface area contributed by atoms with Crippen LogP contribution in [0.2, 0.25) is 0 Å². The summed E-state index contributed by atoms with van der Waals surface area (Å²) in [5.74, 6) is -1.76. The average molecular weight is 743 g/mol. The van der Waals surface area contributed by atoms with E-state index in [1.807, 2.05) is 75.2 Å². The summed E-state index contributed by atoms with van der Waals surface area (Å²) < 4.78 is 12.0. The van der Waals surface area contributed by atoms with Gasteiger partial charge in [-0.05, 0) is 50.5 Å². The molecule has 1 aromatic heterocycles. The average Bonchev–Trinajstić information content (AvgIpc) is 3.83. The summed E-state index contributed by atoms with van der Waals surface area (Å²) in [5.41, 5.74) is 5.97. The van der Waals surface area contributed by atoms with Crippen molar-refractivity contribution in [2.75, 3.05) is 27.8 Å². The van der Waals surface area contributed by atoms with Crippen LogP contribution in [0, 0.1) is 17.8 Å². The molecule has 8 atom stereocenters. The number of ether oxygens (including phenoxy) is 2. The van der Waals surface area contributed by atoms with Gasteiger partial charge in [-0.2, -0.15) is 0 Å². The second-order valence-corrected chi connectivity index (χ2v) is 16.1. The highest BCUT2D eigenvalue weighted by Gasteiger charge is 2.43. The molecule has 0 aliphatic carbocycles. The van der Waals surface area contributed by atoms with E-state index in [9.17, 15) is 19.2 Å². The molecule has 1 fully saturated rings. The summed E-state index contributed by atoms with van der Waals surface area (Å²) in [7, 11) is 4.86. The highest BCUT2D eigenvalue weighted by Crippen LogP contribution is 2.30. The second-order valence-electron chi connectivity index (χ2n) is 15.1. The molecule has 1 saturated heterocycles. The molecule has 0 radical (unpaired) electrons. The first kappa shape index (κ1) is 43.0. The van der Waals surface area contributed by atoms with E-state index >= 15 is 0 Å². The highest BCUT2D eigenvalue weighted by atomic mass is 32.1.